The molecule has 1 aliphatic rings. The molecule has 15 heavy (non-hydrogen) atoms. The molecular weight excluding hydrogens is 258 g/mol. The number of nitrogens with zero attached hydrogens (tertiary/aromatic N) is 1. The topological polar surface area (TPSA) is 40.5 Å². The Balaban J connectivity index is 2.29. The fourth-order valence-corrected chi connectivity index (χ4v) is 2.24. The minimum Gasteiger partial charge on any atom is -0.478 e. The van der Waals surface area contributed by atoms with E-state index in [4.69, 9.17) is 5.11 Å². The number of hydrogen-bond donors (Lipinski definition) is 1. The fraction of sp³-hybridized carbons (Fsp3) is 0.364. The van der Waals surface area contributed by atoms with E-state index in [9.17, 15) is 4.79 Å². The van der Waals surface area contributed by atoms with Crippen molar-refractivity contribution < 1.29 is 9.90 Å². The SMILES string of the molecule is CN(c1ccc(C(=O)O)cc1Br)C1CC1. The van der Waals surface area contributed by atoms with Crippen LogP contribution in [0.4, 0.5) is 5.69 Å². The number of anilines is 1. The van der Waals surface area contributed by atoms with E-state index >= 15 is 0 Å². The first-order valence-corrected chi connectivity index (χ1v) is 5.64. The van der Waals surface area contributed by atoms with E-state index < -0.39 is 5.97 Å². The largest absolute Gasteiger partial charge is 0.478 e. The number of benzene rings is 1. The second-order valence-electron chi connectivity index (χ2n) is 3.81. The van der Waals surface area contributed by atoms with Crippen molar-refractivity contribution in [2.24, 2.45) is 0 Å². The van der Waals surface area contributed by atoms with Crippen molar-refractivity contribution >= 4 is 27.6 Å². The van der Waals surface area contributed by atoms with Gasteiger partial charge >= 0.3 is 5.97 Å². The molecule has 0 spiro atoms. The van der Waals surface area contributed by atoms with Crippen LogP contribution in [0.3, 0.4) is 0 Å². The summed E-state index contributed by atoms with van der Waals surface area (Å²) in [6, 6.07) is 5.76. The number of aromatic carboxylic acids is 1. The molecule has 1 aromatic carbocycles. The van der Waals surface area contributed by atoms with Crippen LogP contribution >= 0.6 is 15.9 Å². The van der Waals surface area contributed by atoms with E-state index in [0.717, 1.165) is 10.2 Å². The summed E-state index contributed by atoms with van der Waals surface area (Å²) < 4.78 is 0.844. The van der Waals surface area contributed by atoms with Gasteiger partial charge in [0.05, 0.1) is 11.3 Å². The second-order valence-corrected chi connectivity index (χ2v) is 4.67. The molecule has 80 valence electrons. The zero-order valence-electron chi connectivity index (χ0n) is 8.40. The highest BCUT2D eigenvalue weighted by molar-refractivity contribution is 9.10. The summed E-state index contributed by atoms with van der Waals surface area (Å²) >= 11 is 3.41. The molecule has 0 amide bonds. The molecule has 0 radical (unpaired) electrons. The van der Waals surface area contributed by atoms with Gasteiger partial charge in [0.15, 0.2) is 0 Å². The van der Waals surface area contributed by atoms with Crippen LogP contribution in [0, 0.1) is 0 Å². The van der Waals surface area contributed by atoms with Crippen molar-refractivity contribution in [2.45, 2.75) is 18.9 Å². The van der Waals surface area contributed by atoms with Crippen LogP contribution in [0.1, 0.15) is 23.2 Å². The monoisotopic (exact) mass is 269 g/mol. The third-order valence-corrected chi connectivity index (χ3v) is 3.30. The van der Waals surface area contributed by atoms with E-state index in [0.29, 0.717) is 11.6 Å². The summed E-state index contributed by atoms with van der Waals surface area (Å²) in [5, 5.41) is 8.83. The smallest absolute Gasteiger partial charge is 0.335 e. The zero-order valence-corrected chi connectivity index (χ0v) is 9.99. The number of rotatable bonds is 3. The van der Waals surface area contributed by atoms with Crippen LogP contribution in [0.5, 0.6) is 0 Å². The van der Waals surface area contributed by atoms with E-state index in [2.05, 4.69) is 20.8 Å². The van der Waals surface area contributed by atoms with Gasteiger partial charge in [0.2, 0.25) is 0 Å². The molecule has 0 unspecified atom stereocenters. The highest BCUT2D eigenvalue weighted by Crippen LogP contribution is 2.34. The first kappa shape index (κ1) is 10.5. The van der Waals surface area contributed by atoms with Crippen molar-refractivity contribution in [3.8, 4) is 0 Å². The average Bonchev–Trinajstić information content (AvgIpc) is 2.99. The van der Waals surface area contributed by atoms with Gasteiger partial charge in [-0.2, -0.15) is 0 Å². The molecule has 0 bridgehead atoms. The molecule has 0 heterocycles. The Kier molecular flexibility index (Phi) is 2.69. The molecule has 3 nitrogen and oxygen atoms in total. The lowest BCUT2D eigenvalue weighted by Gasteiger charge is -2.20. The Morgan fingerprint density at radius 3 is 2.67 bits per heavy atom. The van der Waals surface area contributed by atoms with Gasteiger partial charge in [-0.15, -0.1) is 0 Å². The van der Waals surface area contributed by atoms with E-state index in [-0.39, 0.29) is 0 Å². The highest BCUT2D eigenvalue weighted by atomic mass is 79.9. The first-order chi connectivity index (χ1) is 7.09. The standard InChI is InChI=1S/C11H12BrNO2/c1-13(8-3-4-8)10-5-2-7(11(14)15)6-9(10)12/h2,5-6,8H,3-4H2,1H3,(H,14,15). The van der Waals surface area contributed by atoms with Crippen LogP contribution in [-0.2, 0) is 0 Å². The lowest BCUT2D eigenvalue weighted by molar-refractivity contribution is 0.0697. The predicted octanol–water partition coefficient (Wildman–Crippen LogP) is 2.75. The molecule has 1 aromatic rings. The Morgan fingerprint density at radius 1 is 1.53 bits per heavy atom. The number of halogens is 1. The van der Waals surface area contributed by atoms with Gasteiger partial charge in [-0.1, -0.05) is 0 Å². The molecular formula is C11H12BrNO2. The molecule has 0 aromatic heterocycles. The number of hydrogen-bond acceptors (Lipinski definition) is 2. The summed E-state index contributed by atoms with van der Waals surface area (Å²) in [4.78, 5) is 12.9. The number of carbonyl (C=O) groups is 1. The summed E-state index contributed by atoms with van der Waals surface area (Å²) in [7, 11) is 2.04. The maximum absolute atomic E-state index is 10.7. The Bertz CT molecular complexity index is 402. The van der Waals surface area contributed by atoms with Gasteiger partial charge in [0.1, 0.15) is 0 Å². The second kappa shape index (κ2) is 3.85. The average molecular weight is 270 g/mol. The van der Waals surface area contributed by atoms with Crippen LogP contribution in [-0.4, -0.2) is 24.2 Å². The predicted molar refractivity (Wildman–Crippen MR) is 62.5 cm³/mol. The highest BCUT2D eigenvalue weighted by Gasteiger charge is 2.27. The minimum atomic E-state index is -0.892. The van der Waals surface area contributed by atoms with Crippen molar-refractivity contribution in [2.75, 3.05) is 11.9 Å². The maximum atomic E-state index is 10.7. The lowest BCUT2D eigenvalue weighted by Crippen LogP contribution is -2.19. The van der Waals surface area contributed by atoms with Crippen LogP contribution in [0.25, 0.3) is 0 Å². The van der Waals surface area contributed by atoms with Gasteiger partial charge in [0.25, 0.3) is 0 Å². The van der Waals surface area contributed by atoms with Gasteiger partial charge in [-0.25, -0.2) is 4.79 Å². The molecule has 1 saturated carbocycles. The summed E-state index contributed by atoms with van der Waals surface area (Å²) in [6.07, 6.45) is 2.45. The van der Waals surface area contributed by atoms with Gasteiger partial charge in [-0.3, -0.25) is 0 Å². The molecule has 0 aliphatic heterocycles. The van der Waals surface area contributed by atoms with Gasteiger partial charge in [-0.05, 0) is 47.0 Å². The molecule has 4 heteroatoms. The Labute approximate surface area is 96.8 Å². The third kappa shape index (κ3) is 2.15. The Hall–Kier alpha value is -1.03. The van der Waals surface area contributed by atoms with Crippen molar-refractivity contribution in [3.05, 3.63) is 28.2 Å². The quantitative estimate of drug-likeness (QED) is 0.918. The number of carboxylic acid groups (broad SMARTS) is 1. The van der Waals surface area contributed by atoms with E-state index in [1.165, 1.54) is 12.8 Å². The number of carboxylic acids is 1. The third-order valence-electron chi connectivity index (χ3n) is 2.67. The summed E-state index contributed by atoms with van der Waals surface area (Å²) in [5.74, 6) is -0.892. The summed E-state index contributed by atoms with van der Waals surface area (Å²) in [5.41, 5.74) is 1.37. The lowest BCUT2D eigenvalue weighted by atomic mass is 10.2. The van der Waals surface area contributed by atoms with Crippen LogP contribution < -0.4 is 4.90 Å². The van der Waals surface area contributed by atoms with Crippen molar-refractivity contribution in [3.63, 3.8) is 0 Å². The zero-order chi connectivity index (χ0) is 11.0. The fourth-order valence-electron chi connectivity index (χ4n) is 1.58. The van der Waals surface area contributed by atoms with E-state index in [1.54, 1.807) is 12.1 Å². The van der Waals surface area contributed by atoms with Gasteiger partial charge in [0, 0.05) is 17.6 Å². The molecule has 1 N–H and O–H groups in total. The van der Waals surface area contributed by atoms with Crippen LogP contribution in [0.15, 0.2) is 22.7 Å². The Morgan fingerprint density at radius 2 is 2.20 bits per heavy atom. The molecule has 1 fully saturated rings. The van der Waals surface area contributed by atoms with Crippen molar-refractivity contribution in [1.82, 2.24) is 0 Å². The maximum Gasteiger partial charge on any atom is 0.335 e. The molecule has 1 aliphatic carbocycles. The first-order valence-electron chi connectivity index (χ1n) is 4.85. The minimum absolute atomic E-state index is 0.315. The molecule has 0 atom stereocenters. The summed E-state index contributed by atoms with van der Waals surface area (Å²) in [6.45, 7) is 0. The van der Waals surface area contributed by atoms with Crippen LogP contribution in [0.2, 0.25) is 0 Å². The van der Waals surface area contributed by atoms with E-state index in [1.807, 2.05) is 13.1 Å². The molecule has 2 rings (SSSR count). The normalized spacial score (nSPS) is 15.1. The van der Waals surface area contributed by atoms with Crippen molar-refractivity contribution in [1.29, 1.82) is 0 Å². The van der Waals surface area contributed by atoms with Gasteiger partial charge < -0.3 is 10.0 Å². The molecule has 0 saturated heterocycles.